The summed E-state index contributed by atoms with van der Waals surface area (Å²) < 4.78 is 32.9. The molecule has 0 unspecified atom stereocenters. The first-order valence-electron chi connectivity index (χ1n) is 7.91. The number of benzene rings is 2. The van der Waals surface area contributed by atoms with Gasteiger partial charge in [0.25, 0.3) is 0 Å². The molecule has 0 amide bonds. The Morgan fingerprint density at radius 2 is 1.88 bits per heavy atom. The highest BCUT2D eigenvalue weighted by atomic mass is 19.1. The maximum absolute atomic E-state index is 13.8. The summed E-state index contributed by atoms with van der Waals surface area (Å²) in [5, 5.41) is 12.3. The third kappa shape index (κ3) is 3.24. The molecule has 1 aliphatic heterocycles. The average molecular weight is 328 g/mol. The van der Waals surface area contributed by atoms with Gasteiger partial charge in [-0.25, -0.2) is 8.78 Å². The van der Waals surface area contributed by atoms with Gasteiger partial charge in [0.2, 0.25) is 0 Å². The molecule has 3 rings (SSSR count). The number of ether oxygens (including phenoxy) is 1. The lowest BCUT2D eigenvalue weighted by Gasteiger charge is -2.38. The number of nitrogens with one attached hydrogen (secondary N) is 1. The smallest absolute Gasteiger partial charge is 0.143 e. The molecule has 0 atom stereocenters. The molecule has 0 saturated carbocycles. The fourth-order valence-corrected chi connectivity index (χ4v) is 3.20. The van der Waals surface area contributed by atoms with Gasteiger partial charge in [-0.3, -0.25) is 0 Å². The Morgan fingerprint density at radius 3 is 2.58 bits per heavy atom. The van der Waals surface area contributed by atoms with Crippen LogP contribution in [0.2, 0.25) is 0 Å². The third-order valence-corrected chi connectivity index (χ3v) is 4.63. The third-order valence-electron chi connectivity index (χ3n) is 4.63. The van der Waals surface area contributed by atoms with Crippen molar-refractivity contribution in [1.29, 1.82) is 5.26 Å². The van der Waals surface area contributed by atoms with Gasteiger partial charge >= 0.3 is 0 Å². The first-order chi connectivity index (χ1) is 11.6. The van der Waals surface area contributed by atoms with Crippen molar-refractivity contribution in [3.63, 3.8) is 0 Å². The van der Waals surface area contributed by atoms with Crippen LogP contribution in [0.3, 0.4) is 0 Å². The zero-order valence-electron chi connectivity index (χ0n) is 13.2. The van der Waals surface area contributed by atoms with E-state index in [1.165, 1.54) is 12.1 Å². The minimum Gasteiger partial charge on any atom is -0.383 e. The quantitative estimate of drug-likeness (QED) is 0.923. The molecule has 5 heteroatoms. The summed E-state index contributed by atoms with van der Waals surface area (Å²) in [6, 6.07) is 13.0. The molecule has 1 saturated heterocycles. The Bertz CT molecular complexity index is 764. The summed E-state index contributed by atoms with van der Waals surface area (Å²) in [7, 11) is 0. The fraction of sp³-hybridized carbons (Fsp3) is 0.316. The summed E-state index contributed by atoms with van der Waals surface area (Å²) in [5.41, 5.74) is 1.05. The van der Waals surface area contributed by atoms with E-state index >= 15 is 0 Å². The molecule has 1 fully saturated rings. The van der Waals surface area contributed by atoms with Crippen LogP contribution in [0, 0.1) is 23.0 Å². The van der Waals surface area contributed by atoms with Crippen LogP contribution in [-0.2, 0) is 10.2 Å². The highest BCUT2D eigenvalue weighted by Gasteiger charge is 2.34. The van der Waals surface area contributed by atoms with Crippen LogP contribution in [0.1, 0.15) is 24.0 Å². The molecule has 0 aromatic heterocycles. The van der Waals surface area contributed by atoms with Gasteiger partial charge in [0.15, 0.2) is 0 Å². The molecule has 0 bridgehead atoms. The standard InChI is InChI=1S/C19H18F2N2O/c20-15-4-1-3-14(11-15)19(7-9-24-10-8-19)13-23-18-6-2-5-17(21)16(18)12-22/h1-6,11,23H,7-10,13H2. The van der Waals surface area contributed by atoms with Gasteiger partial charge in [-0.05, 0) is 42.7 Å². The van der Waals surface area contributed by atoms with Crippen molar-refractivity contribution in [2.45, 2.75) is 18.3 Å². The summed E-state index contributed by atoms with van der Waals surface area (Å²) in [5.74, 6) is -0.823. The second kappa shape index (κ2) is 6.98. The first kappa shape index (κ1) is 16.4. The van der Waals surface area contributed by atoms with E-state index in [4.69, 9.17) is 10.00 Å². The molecule has 24 heavy (non-hydrogen) atoms. The lowest BCUT2D eigenvalue weighted by molar-refractivity contribution is 0.0543. The van der Waals surface area contributed by atoms with E-state index in [9.17, 15) is 8.78 Å². The van der Waals surface area contributed by atoms with Crippen molar-refractivity contribution in [2.24, 2.45) is 0 Å². The molecule has 0 radical (unpaired) electrons. The maximum atomic E-state index is 13.8. The lowest BCUT2D eigenvalue weighted by Crippen LogP contribution is -2.40. The van der Waals surface area contributed by atoms with E-state index in [1.807, 2.05) is 12.1 Å². The zero-order valence-corrected chi connectivity index (χ0v) is 13.2. The summed E-state index contributed by atoms with van der Waals surface area (Å²) >= 11 is 0. The van der Waals surface area contributed by atoms with E-state index in [1.54, 1.807) is 24.3 Å². The highest BCUT2D eigenvalue weighted by Crippen LogP contribution is 2.36. The van der Waals surface area contributed by atoms with Gasteiger partial charge in [-0.15, -0.1) is 0 Å². The monoisotopic (exact) mass is 328 g/mol. The summed E-state index contributed by atoms with van der Waals surface area (Å²) in [4.78, 5) is 0. The van der Waals surface area contributed by atoms with Gasteiger partial charge < -0.3 is 10.1 Å². The highest BCUT2D eigenvalue weighted by molar-refractivity contribution is 5.58. The number of hydrogen-bond donors (Lipinski definition) is 1. The summed E-state index contributed by atoms with van der Waals surface area (Å²) in [6.07, 6.45) is 1.47. The molecular formula is C19H18F2N2O. The Hall–Kier alpha value is -2.45. The topological polar surface area (TPSA) is 45.0 Å². The van der Waals surface area contributed by atoms with E-state index in [0.29, 0.717) is 25.4 Å². The van der Waals surface area contributed by atoms with Gasteiger partial charge in [0, 0.05) is 25.2 Å². The molecule has 2 aromatic carbocycles. The molecule has 1 N–H and O–H groups in total. The van der Waals surface area contributed by atoms with Gasteiger partial charge in [0.05, 0.1) is 5.69 Å². The van der Waals surface area contributed by atoms with Crippen molar-refractivity contribution >= 4 is 5.69 Å². The average Bonchev–Trinajstić information content (AvgIpc) is 2.61. The van der Waals surface area contributed by atoms with Crippen LogP contribution in [0.15, 0.2) is 42.5 Å². The molecule has 3 nitrogen and oxygen atoms in total. The number of rotatable bonds is 4. The Morgan fingerprint density at radius 1 is 1.12 bits per heavy atom. The van der Waals surface area contributed by atoms with E-state index in [2.05, 4.69) is 5.32 Å². The Labute approximate surface area is 139 Å². The van der Waals surface area contributed by atoms with E-state index in [-0.39, 0.29) is 16.8 Å². The van der Waals surface area contributed by atoms with Crippen molar-refractivity contribution in [3.05, 3.63) is 65.2 Å². The van der Waals surface area contributed by atoms with E-state index < -0.39 is 5.82 Å². The van der Waals surface area contributed by atoms with Gasteiger partial charge in [-0.2, -0.15) is 5.26 Å². The zero-order chi connectivity index (χ0) is 17.0. The van der Waals surface area contributed by atoms with Crippen molar-refractivity contribution in [2.75, 3.05) is 25.1 Å². The number of anilines is 1. The van der Waals surface area contributed by atoms with Gasteiger partial charge in [0.1, 0.15) is 23.3 Å². The predicted molar refractivity (Wildman–Crippen MR) is 87.7 cm³/mol. The lowest BCUT2D eigenvalue weighted by atomic mass is 9.74. The minimum atomic E-state index is -0.547. The van der Waals surface area contributed by atoms with Gasteiger partial charge in [-0.1, -0.05) is 18.2 Å². The molecule has 124 valence electrons. The second-order valence-electron chi connectivity index (χ2n) is 6.03. The van der Waals surface area contributed by atoms with E-state index in [0.717, 1.165) is 18.4 Å². The van der Waals surface area contributed by atoms with Crippen LogP contribution >= 0.6 is 0 Å². The molecule has 1 heterocycles. The largest absolute Gasteiger partial charge is 0.383 e. The van der Waals surface area contributed by atoms with Crippen LogP contribution in [0.25, 0.3) is 0 Å². The van der Waals surface area contributed by atoms with Crippen molar-refractivity contribution in [1.82, 2.24) is 0 Å². The molecular weight excluding hydrogens is 310 g/mol. The molecule has 2 aromatic rings. The molecule has 0 aliphatic carbocycles. The summed E-state index contributed by atoms with van der Waals surface area (Å²) in [6.45, 7) is 1.66. The van der Waals surface area contributed by atoms with Crippen molar-refractivity contribution < 1.29 is 13.5 Å². The van der Waals surface area contributed by atoms with Crippen LogP contribution in [0.5, 0.6) is 0 Å². The number of nitriles is 1. The first-order valence-corrected chi connectivity index (χ1v) is 7.91. The maximum Gasteiger partial charge on any atom is 0.143 e. The molecule has 1 aliphatic rings. The normalized spacial score (nSPS) is 16.4. The van der Waals surface area contributed by atoms with Crippen molar-refractivity contribution in [3.8, 4) is 6.07 Å². The number of hydrogen-bond acceptors (Lipinski definition) is 3. The predicted octanol–water partition coefficient (Wildman–Crippen LogP) is 4.00. The van der Waals surface area contributed by atoms with Crippen LogP contribution in [-0.4, -0.2) is 19.8 Å². The van der Waals surface area contributed by atoms with Crippen LogP contribution < -0.4 is 5.32 Å². The Balaban J connectivity index is 1.89. The SMILES string of the molecule is N#Cc1c(F)cccc1NCC1(c2cccc(F)c2)CCOCC1. The number of nitrogens with zero attached hydrogens (tertiary/aromatic N) is 1. The minimum absolute atomic E-state index is 0.000971. The van der Waals surface area contributed by atoms with Crippen LogP contribution in [0.4, 0.5) is 14.5 Å². The number of halogens is 2. The fourth-order valence-electron chi connectivity index (χ4n) is 3.20. The Kier molecular flexibility index (Phi) is 4.77. The second-order valence-corrected chi connectivity index (χ2v) is 6.03. The molecule has 0 spiro atoms.